The number of benzene rings is 1. The molecule has 1 aromatic carbocycles. The average Bonchev–Trinajstić information content (AvgIpc) is 2.48. The average molecular weight is 272 g/mol. The van der Waals surface area contributed by atoms with Gasteiger partial charge in [-0.25, -0.2) is 0 Å². The minimum Gasteiger partial charge on any atom is -0.495 e. The van der Waals surface area contributed by atoms with Crippen LogP contribution in [0, 0.1) is 12.3 Å². The molecule has 2 rings (SSSR count). The van der Waals surface area contributed by atoms with Gasteiger partial charge < -0.3 is 10.1 Å². The van der Waals surface area contributed by atoms with Gasteiger partial charge in [-0.15, -0.1) is 6.42 Å². The van der Waals surface area contributed by atoms with Crippen LogP contribution in [0.25, 0.3) is 0 Å². The van der Waals surface area contributed by atoms with Crippen molar-refractivity contribution in [2.45, 2.75) is 25.3 Å². The second-order valence-electron chi connectivity index (χ2n) is 4.88. The lowest BCUT2D eigenvalue weighted by atomic mass is 10.0. The van der Waals surface area contributed by atoms with E-state index < -0.39 is 0 Å². The topological polar surface area (TPSA) is 41.6 Å². The summed E-state index contributed by atoms with van der Waals surface area (Å²) in [4.78, 5) is 14.5. The number of terminal acetylenes is 1. The first-order valence-corrected chi connectivity index (χ1v) is 6.87. The standard InChI is InChI=1S/C16H20N2O2/c1-3-11-18-12-7-6-9-14(18)16(19)17-13-8-4-5-10-15(13)20-2/h1,4-5,8,10,14H,6-7,9,11-12H2,2H3,(H,17,19)/t14-/m1/s1. The van der Waals surface area contributed by atoms with Crippen LogP contribution in [0.4, 0.5) is 5.69 Å². The molecule has 1 aliphatic heterocycles. The largest absolute Gasteiger partial charge is 0.495 e. The molecule has 0 aromatic heterocycles. The fourth-order valence-corrected chi connectivity index (χ4v) is 2.56. The molecule has 1 heterocycles. The summed E-state index contributed by atoms with van der Waals surface area (Å²) in [5.41, 5.74) is 0.700. The molecule has 1 aliphatic rings. The molecule has 4 nitrogen and oxygen atoms in total. The Morgan fingerprint density at radius 2 is 2.30 bits per heavy atom. The van der Waals surface area contributed by atoms with Gasteiger partial charge in [-0.05, 0) is 31.5 Å². The number of amides is 1. The summed E-state index contributed by atoms with van der Waals surface area (Å²) in [5.74, 6) is 3.29. The normalized spacial score (nSPS) is 19.1. The van der Waals surface area contributed by atoms with Gasteiger partial charge in [0.2, 0.25) is 5.91 Å². The van der Waals surface area contributed by atoms with Crippen molar-refractivity contribution in [2.24, 2.45) is 0 Å². The predicted molar refractivity (Wildman–Crippen MR) is 79.7 cm³/mol. The lowest BCUT2D eigenvalue weighted by Gasteiger charge is -2.33. The van der Waals surface area contributed by atoms with Crippen LogP contribution in [0.5, 0.6) is 5.75 Å². The third-order valence-electron chi connectivity index (χ3n) is 3.58. The Balaban J connectivity index is 2.08. The maximum Gasteiger partial charge on any atom is 0.241 e. The molecule has 0 radical (unpaired) electrons. The van der Waals surface area contributed by atoms with Gasteiger partial charge in [0.15, 0.2) is 0 Å². The smallest absolute Gasteiger partial charge is 0.241 e. The van der Waals surface area contributed by atoms with Gasteiger partial charge in [-0.2, -0.15) is 0 Å². The molecular formula is C16H20N2O2. The molecule has 0 aliphatic carbocycles. The lowest BCUT2D eigenvalue weighted by molar-refractivity contribution is -0.122. The number of piperidine rings is 1. The maximum atomic E-state index is 12.4. The number of carbonyl (C=O) groups excluding carboxylic acids is 1. The SMILES string of the molecule is C#CCN1CCCC[C@@H]1C(=O)Nc1ccccc1OC. The van der Waals surface area contributed by atoms with Crippen LogP contribution in [-0.4, -0.2) is 37.0 Å². The van der Waals surface area contributed by atoms with E-state index in [9.17, 15) is 4.79 Å². The van der Waals surface area contributed by atoms with E-state index >= 15 is 0 Å². The molecule has 1 aromatic rings. The summed E-state index contributed by atoms with van der Waals surface area (Å²) < 4.78 is 5.25. The molecule has 1 fully saturated rings. The number of para-hydroxylation sites is 2. The van der Waals surface area contributed by atoms with Crippen molar-refractivity contribution < 1.29 is 9.53 Å². The Morgan fingerprint density at radius 3 is 3.05 bits per heavy atom. The van der Waals surface area contributed by atoms with Gasteiger partial charge >= 0.3 is 0 Å². The second kappa shape index (κ2) is 6.97. The fraction of sp³-hybridized carbons (Fsp3) is 0.438. The Bertz CT molecular complexity index is 507. The van der Waals surface area contributed by atoms with Crippen molar-refractivity contribution in [1.82, 2.24) is 4.90 Å². The van der Waals surface area contributed by atoms with Gasteiger partial charge in [0.25, 0.3) is 0 Å². The van der Waals surface area contributed by atoms with Gasteiger partial charge in [0, 0.05) is 0 Å². The number of nitrogens with one attached hydrogen (secondary N) is 1. The van der Waals surface area contributed by atoms with Crippen LogP contribution in [0.15, 0.2) is 24.3 Å². The Morgan fingerprint density at radius 1 is 1.50 bits per heavy atom. The van der Waals surface area contributed by atoms with Crippen molar-refractivity contribution in [2.75, 3.05) is 25.5 Å². The van der Waals surface area contributed by atoms with E-state index in [4.69, 9.17) is 11.2 Å². The number of nitrogens with zero attached hydrogens (tertiary/aromatic N) is 1. The third-order valence-corrected chi connectivity index (χ3v) is 3.58. The number of rotatable bonds is 4. The lowest BCUT2D eigenvalue weighted by Crippen LogP contribution is -2.47. The molecular weight excluding hydrogens is 252 g/mol. The molecule has 0 saturated carbocycles. The summed E-state index contributed by atoms with van der Waals surface area (Å²) in [6, 6.07) is 7.27. The van der Waals surface area contributed by atoms with Crippen molar-refractivity contribution in [3.8, 4) is 18.1 Å². The highest BCUT2D eigenvalue weighted by Crippen LogP contribution is 2.25. The molecule has 106 valence electrons. The van der Waals surface area contributed by atoms with Gasteiger partial charge in [0.1, 0.15) is 5.75 Å². The fourth-order valence-electron chi connectivity index (χ4n) is 2.56. The number of methoxy groups -OCH3 is 1. The molecule has 0 bridgehead atoms. The quantitative estimate of drug-likeness (QED) is 0.854. The Labute approximate surface area is 120 Å². The zero-order chi connectivity index (χ0) is 14.4. The van der Waals surface area contributed by atoms with Gasteiger partial charge in [0.05, 0.1) is 25.4 Å². The summed E-state index contributed by atoms with van der Waals surface area (Å²) in [6.07, 6.45) is 8.38. The number of carbonyl (C=O) groups is 1. The molecule has 1 N–H and O–H groups in total. The van der Waals surface area contributed by atoms with E-state index in [0.717, 1.165) is 25.8 Å². The predicted octanol–water partition coefficient (Wildman–Crippen LogP) is 2.12. The van der Waals surface area contributed by atoms with Crippen LogP contribution < -0.4 is 10.1 Å². The third kappa shape index (κ3) is 3.31. The Kier molecular flexibility index (Phi) is 5.03. The zero-order valence-electron chi connectivity index (χ0n) is 11.8. The first-order valence-electron chi connectivity index (χ1n) is 6.87. The molecule has 1 saturated heterocycles. The summed E-state index contributed by atoms with van der Waals surface area (Å²) >= 11 is 0. The van der Waals surface area contributed by atoms with Crippen LogP contribution in [0.1, 0.15) is 19.3 Å². The van der Waals surface area contributed by atoms with Crippen molar-refractivity contribution in [1.29, 1.82) is 0 Å². The molecule has 0 unspecified atom stereocenters. The van der Waals surface area contributed by atoms with Crippen LogP contribution >= 0.6 is 0 Å². The number of likely N-dealkylation sites (tertiary alicyclic amines) is 1. The minimum absolute atomic E-state index is 0.00977. The summed E-state index contributed by atoms with van der Waals surface area (Å²) in [5, 5.41) is 2.95. The molecule has 1 amide bonds. The number of anilines is 1. The van der Waals surface area contributed by atoms with E-state index in [2.05, 4.69) is 16.1 Å². The van der Waals surface area contributed by atoms with Crippen molar-refractivity contribution in [3.05, 3.63) is 24.3 Å². The maximum absolute atomic E-state index is 12.4. The molecule has 0 spiro atoms. The van der Waals surface area contributed by atoms with Crippen LogP contribution in [0.3, 0.4) is 0 Å². The number of ether oxygens (including phenoxy) is 1. The molecule has 4 heteroatoms. The summed E-state index contributed by atoms with van der Waals surface area (Å²) in [7, 11) is 1.59. The van der Waals surface area contributed by atoms with E-state index in [0.29, 0.717) is 18.0 Å². The Hall–Kier alpha value is -1.99. The summed E-state index contributed by atoms with van der Waals surface area (Å²) in [6.45, 7) is 1.40. The van der Waals surface area contributed by atoms with Crippen molar-refractivity contribution >= 4 is 11.6 Å². The number of hydrogen-bond acceptors (Lipinski definition) is 3. The monoisotopic (exact) mass is 272 g/mol. The van der Waals surface area contributed by atoms with Crippen LogP contribution in [-0.2, 0) is 4.79 Å². The van der Waals surface area contributed by atoms with Crippen molar-refractivity contribution in [3.63, 3.8) is 0 Å². The first kappa shape index (κ1) is 14.4. The minimum atomic E-state index is -0.148. The van der Waals surface area contributed by atoms with Crippen LogP contribution in [0.2, 0.25) is 0 Å². The first-order chi connectivity index (χ1) is 9.76. The highest BCUT2D eigenvalue weighted by Gasteiger charge is 2.28. The molecule has 1 atom stereocenters. The van der Waals surface area contributed by atoms with Gasteiger partial charge in [-0.1, -0.05) is 24.5 Å². The van der Waals surface area contributed by atoms with E-state index in [1.807, 2.05) is 24.3 Å². The highest BCUT2D eigenvalue weighted by molar-refractivity contribution is 5.96. The van der Waals surface area contributed by atoms with E-state index in [-0.39, 0.29) is 11.9 Å². The zero-order valence-corrected chi connectivity index (χ0v) is 11.8. The number of hydrogen-bond donors (Lipinski definition) is 1. The molecule has 20 heavy (non-hydrogen) atoms. The van der Waals surface area contributed by atoms with E-state index in [1.54, 1.807) is 7.11 Å². The van der Waals surface area contributed by atoms with E-state index in [1.165, 1.54) is 0 Å². The second-order valence-corrected chi connectivity index (χ2v) is 4.88. The van der Waals surface area contributed by atoms with Gasteiger partial charge in [-0.3, -0.25) is 9.69 Å². The highest BCUT2D eigenvalue weighted by atomic mass is 16.5.